The summed E-state index contributed by atoms with van der Waals surface area (Å²) in [4.78, 5) is 15.1. The first-order valence-electron chi connectivity index (χ1n) is 6.82. The summed E-state index contributed by atoms with van der Waals surface area (Å²) in [7, 11) is 0. The first-order valence-corrected chi connectivity index (χ1v) is 8.11. The minimum Gasteiger partial charge on any atom is -0.454 e. The van der Waals surface area contributed by atoms with Gasteiger partial charge in [0.2, 0.25) is 5.91 Å². The number of ether oxygens (including phenoxy) is 1. The number of hydrogen-bond acceptors (Lipinski definition) is 3. The van der Waals surface area contributed by atoms with Crippen molar-refractivity contribution in [2.75, 3.05) is 11.2 Å². The van der Waals surface area contributed by atoms with Crippen molar-refractivity contribution < 1.29 is 9.53 Å². The van der Waals surface area contributed by atoms with E-state index in [2.05, 4.69) is 10.3 Å². The fourth-order valence-electron chi connectivity index (χ4n) is 1.83. The number of amides is 1. The lowest BCUT2D eigenvalue weighted by molar-refractivity contribution is -0.114. The maximum absolute atomic E-state index is 11.0. The smallest absolute Gasteiger partial charge is 0.221 e. The molecule has 0 atom stereocenters. The number of aliphatic imine (C=N–C) groups is 1. The number of nitrogens with one attached hydrogen (secondary N) is 1. The van der Waals surface area contributed by atoms with Gasteiger partial charge in [0.1, 0.15) is 11.6 Å². The Hall–Kier alpha value is -1.95. The molecular weight excluding hydrogens is 373 g/mol. The highest BCUT2D eigenvalue weighted by Gasteiger charge is 2.11. The normalized spacial score (nSPS) is 11.2. The Morgan fingerprint density at radius 1 is 1.21 bits per heavy atom. The summed E-state index contributed by atoms with van der Waals surface area (Å²) in [5, 5.41) is 3.24. The lowest BCUT2D eigenvalue weighted by Gasteiger charge is -2.11. The van der Waals surface area contributed by atoms with Crippen LogP contribution in [-0.4, -0.2) is 17.6 Å². The number of nitrogens with two attached hydrogens (primary N) is 1. The molecule has 1 amide bonds. The van der Waals surface area contributed by atoms with Crippen LogP contribution in [0.15, 0.2) is 41.4 Å². The van der Waals surface area contributed by atoms with Crippen LogP contribution >= 0.6 is 34.8 Å². The minimum absolute atomic E-state index is 0.105. The van der Waals surface area contributed by atoms with E-state index in [0.29, 0.717) is 22.9 Å². The maximum Gasteiger partial charge on any atom is 0.221 e. The number of rotatable bonds is 5. The number of carbonyl (C=O) groups excluding carboxylic acids is 1. The van der Waals surface area contributed by atoms with Gasteiger partial charge in [0.25, 0.3) is 0 Å². The van der Waals surface area contributed by atoms with E-state index in [4.69, 9.17) is 45.3 Å². The molecule has 126 valence electrons. The van der Waals surface area contributed by atoms with Crippen molar-refractivity contribution in [3.8, 4) is 11.5 Å². The molecule has 2 aromatic rings. The molecule has 8 heteroatoms. The first kappa shape index (κ1) is 18.4. The molecule has 24 heavy (non-hydrogen) atoms. The van der Waals surface area contributed by atoms with Crippen molar-refractivity contribution in [1.29, 1.82) is 0 Å². The SMILES string of the molecule is CC(=O)Nc1ccc(Oc2c(Cl)cc(N=C(N)CCl)cc2Cl)cc1. The van der Waals surface area contributed by atoms with Gasteiger partial charge >= 0.3 is 0 Å². The molecule has 0 heterocycles. The van der Waals surface area contributed by atoms with Crippen LogP contribution in [0.5, 0.6) is 11.5 Å². The Kier molecular flexibility index (Phi) is 6.31. The first-order chi connectivity index (χ1) is 11.4. The Balaban J connectivity index is 2.22. The zero-order valence-electron chi connectivity index (χ0n) is 12.6. The minimum atomic E-state index is -0.151. The fraction of sp³-hybridized carbons (Fsp3) is 0.125. The van der Waals surface area contributed by atoms with Crippen LogP contribution in [0.3, 0.4) is 0 Å². The number of halogens is 3. The summed E-state index contributed by atoms with van der Waals surface area (Å²) in [6.07, 6.45) is 0. The molecule has 3 N–H and O–H groups in total. The van der Waals surface area contributed by atoms with Gasteiger partial charge in [-0.05, 0) is 36.4 Å². The van der Waals surface area contributed by atoms with Crippen LogP contribution in [0.1, 0.15) is 6.92 Å². The predicted molar refractivity (Wildman–Crippen MR) is 99.3 cm³/mol. The van der Waals surface area contributed by atoms with E-state index in [1.165, 1.54) is 6.92 Å². The van der Waals surface area contributed by atoms with Crippen LogP contribution in [-0.2, 0) is 4.79 Å². The number of hydrogen-bond donors (Lipinski definition) is 2. The second-order valence-electron chi connectivity index (χ2n) is 4.78. The van der Waals surface area contributed by atoms with Crippen molar-refractivity contribution in [3.63, 3.8) is 0 Å². The lowest BCUT2D eigenvalue weighted by Crippen LogP contribution is -2.12. The number of carbonyl (C=O) groups is 1. The zero-order chi connectivity index (χ0) is 17.7. The van der Waals surface area contributed by atoms with E-state index in [1.54, 1.807) is 36.4 Å². The summed E-state index contributed by atoms with van der Waals surface area (Å²) >= 11 is 18.0. The van der Waals surface area contributed by atoms with Crippen LogP contribution in [0, 0.1) is 0 Å². The summed E-state index contributed by atoms with van der Waals surface area (Å²) in [5.41, 5.74) is 6.73. The Morgan fingerprint density at radius 3 is 2.29 bits per heavy atom. The number of alkyl halides is 1. The Labute approximate surface area is 154 Å². The third-order valence-electron chi connectivity index (χ3n) is 2.79. The second kappa shape index (κ2) is 8.24. The summed E-state index contributed by atoms with van der Waals surface area (Å²) in [6.45, 7) is 1.44. The van der Waals surface area contributed by atoms with E-state index in [1.807, 2.05) is 0 Å². The van der Waals surface area contributed by atoms with E-state index in [0.717, 1.165) is 0 Å². The van der Waals surface area contributed by atoms with Crippen molar-refractivity contribution in [1.82, 2.24) is 0 Å². The monoisotopic (exact) mass is 385 g/mol. The van der Waals surface area contributed by atoms with E-state index >= 15 is 0 Å². The number of nitrogens with zero attached hydrogens (tertiary/aromatic N) is 1. The van der Waals surface area contributed by atoms with Gasteiger partial charge < -0.3 is 15.8 Å². The highest BCUT2D eigenvalue weighted by molar-refractivity contribution is 6.37. The summed E-state index contributed by atoms with van der Waals surface area (Å²) < 4.78 is 5.70. The molecule has 2 rings (SSSR count). The molecule has 0 fully saturated rings. The highest BCUT2D eigenvalue weighted by Crippen LogP contribution is 2.39. The number of anilines is 1. The molecule has 0 saturated carbocycles. The van der Waals surface area contributed by atoms with E-state index in [-0.39, 0.29) is 27.7 Å². The van der Waals surface area contributed by atoms with Gasteiger partial charge in [-0.25, -0.2) is 4.99 Å². The van der Waals surface area contributed by atoms with Gasteiger partial charge in [-0.1, -0.05) is 23.2 Å². The lowest BCUT2D eigenvalue weighted by atomic mass is 10.2. The molecule has 0 aliphatic carbocycles. The molecule has 0 bridgehead atoms. The second-order valence-corrected chi connectivity index (χ2v) is 5.86. The van der Waals surface area contributed by atoms with E-state index in [9.17, 15) is 4.79 Å². The molecule has 0 aliphatic rings. The summed E-state index contributed by atoms with van der Waals surface area (Å²) in [6, 6.07) is 9.95. The number of amidine groups is 1. The summed E-state index contributed by atoms with van der Waals surface area (Å²) in [5.74, 6) is 1.03. The molecule has 0 aliphatic heterocycles. The maximum atomic E-state index is 11.0. The van der Waals surface area contributed by atoms with Crippen molar-refractivity contribution >= 4 is 57.9 Å². The molecule has 0 unspecified atom stereocenters. The highest BCUT2D eigenvalue weighted by atomic mass is 35.5. The molecule has 0 spiro atoms. The Bertz CT molecular complexity index is 754. The average molecular weight is 387 g/mol. The van der Waals surface area contributed by atoms with Gasteiger partial charge in [0.15, 0.2) is 5.75 Å². The zero-order valence-corrected chi connectivity index (χ0v) is 14.9. The topological polar surface area (TPSA) is 76.7 Å². The van der Waals surface area contributed by atoms with Crippen molar-refractivity contribution in [3.05, 3.63) is 46.4 Å². The molecule has 0 radical (unpaired) electrons. The van der Waals surface area contributed by atoms with Gasteiger partial charge in [-0.3, -0.25) is 4.79 Å². The van der Waals surface area contributed by atoms with Gasteiger partial charge in [0.05, 0.1) is 21.6 Å². The quantitative estimate of drug-likeness (QED) is 0.432. The van der Waals surface area contributed by atoms with Crippen molar-refractivity contribution in [2.45, 2.75) is 6.92 Å². The van der Waals surface area contributed by atoms with E-state index < -0.39 is 0 Å². The fourth-order valence-corrected chi connectivity index (χ4v) is 2.44. The molecule has 0 aromatic heterocycles. The van der Waals surface area contributed by atoms with Crippen LogP contribution in [0.25, 0.3) is 0 Å². The molecular formula is C16H14Cl3N3O2. The molecule has 2 aromatic carbocycles. The van der Waals surface area contributed by atoms with Gasteiger partial charge in [0, 0.05) is 12.6 Å². The molecule has 0 saturated heterocycles. The third-order valence-corrected chi connectivity index (χ3v) is 3.62. The Morgan fingerprint density at radius 2 is 1.79 bits per heavy atom. The van der Waals surface area contributed by atoms with Crippen LogP contribution < -0.4 is 15.8 Å². The third kappa shape index (κ3) is 5.03. The number of benzene rings is 2. The molecule has 5 nitrogen and oxygen atoms in total. The largest absolute Gasteiger partial charge is 0.454 e. The van der Waals surface area contributed by atoms with Crippen molar-refractivity contribution in [2.24, 2.45) is 10.7 Å². The standard InChI is InChI=1S/C16H14Cl3N3O2/c1-9(23)21-10-2-4-12(5-3-10)24-16-13(18)6-11(7-14(16)19)22-15(20)8-17/h2-7H,8H2,1H3,(H2,20,22)(H,21,23). The van der Waals surface area contributed by atoms with Crippen LogP contribution in [0.2, 0.25) is 10.0 Å². The van der Waals surface area contributed by atoms with Gasteiger partial charge in [-0.15, -0.1) is 11.6 Å². The average Bonchev–Trinajstić information content (AvgIpc) is 2.52. The van der Waals surface area contributed by atoms with Crippen LogP contribution in [0.4, 0.5) is 11.4 Å². The predicted octanol–water partition coefficient (Wildman–Crippen LogP) is 4.97. The van der Waals surface area contributed by atoms with Gasteiger partial charge in [-0.2, -0.15) is 0 Å².